The summed E-state index contributed by atoms with van der Waals surface area (Å²) in [6.07, 6.45) is 7.39. The fourth-order valence-electron chi connectivity index (χ4n) is 4.63. The van der Waals surface area contributed by atoms with Crippen LogP contribution >= 0.6 is 0 Å². The Bertz CT molecular complexity index is 1480. The molecule has 6 heteroatoms. The number of benzene rings is 3. The van der Waals surface area contributed by atoms with Crippen LogP contribution in [0.1, 0.15) is 48.6 Å². The second kappa shape index (κ2) is 9.17. The van der Waals surface area contributed by atoms with Crippen molar-refractivity contribution >= 4 is 27.8 Å². The molecule has 0 fully saturated rings. The molecule has 0 amide bonds. The summed E-state index contributed by atoms with van der Waals surface area (Å²) < 4.78 is 43.8. The molecule has 3 aromatic carbocycles. The lowest BCUT2D eigenvalue weighted by atomic mass is 9.78. The van der Waals surface area contributed by atoms with Gasteiger partial charge in [-0.3, -0.25) is 0 Å². The van der Waals surface area contributed by atoms with Crippen LogP contribution in [-0.2, 0) is 16.5 Å². The summed E-state index contributed by atoms with van der Waals surface area (Å²) in [7, 11) is -4.04. The molecule has 0 saturated carbocycles. The fourth-order valence-corrected chi connectivity index (χ4v) is 5.57. The van der Waals surface area contributed by atoms with Gasteiger partial charge in [-0.1, -0.05) is 55.8 Å². The van der Waals surface area contributed by atoms with Gasteiger partial charge in [0.1, 0.15) is 23.0 Å². The van der Waals surface area contributed by atoms with Crippen molar-refractivity contribution in [3.05, 3.63) is 88.5 Å². The summed E-state index contributed by atoms with van der Waals surface area (Å²) in [5.41, 5.74) is 5.92. The van der Waals surface area contributed by atoms with E-state index in [1.54, 1.807) is 30.3 Å². The monoisotopic (exact) mass is 502 g/mol. The Morgan fingerprint density at radius 1 is 1.03 bits per heavy atom. The SMILES string of the molecule is CCOc1ccc(C2=Cc3ccc4c(c3OC2)C=CC(C)(C)C4)c(OS(=O)(=O)c2ccc(C)cc2)c1. The van der Waals surface area contributed by atoms with Crippen LogP contribution in [0.25, 0.3) is 17.7 Å². The summed E-state index contributed by atoms with van der Waals surface area (Å²) in [5, 5.41) is 0. The minimum Gasteiger partial charge on any atom is -0.494 e. The maximum atomic E-state index is 13.1. The number of ether oxygens (including phenoxy) is 2. The van der Waals surface area contributed by atoms with Gasteiger partial charge in [0.15, 0.2) is 5.75 Å². The molecule has 1 heterocycles. The van der Waals surface area contributed by atoms with Crippen LogP contribution in [0.3, 0.4) is 0 Å². The number of fused-ring (bicyclic) bond motifs is 3. The molecule has 5 nitrogen and oxygen atoms in total. The van der Waals surface area contributed by atoms with Gasteiger partial charge in [-0.05, 0) is 61.6 Å². The van der Waals surface area contributed by atoms with Crippen LogP contribution in [0.15, 0.2) is 65.6 Å². The van der Waals surface area contributed by atoms with Gasteiger partial charge in [-0.15, -0.1) is 0 Å². The zero-order valence-corrected chi connectivity index (χ0v) is 21.8. The van der Waals surface area contributed by atoms with E-state index in [4.69, 9.17) is 13.7 Å². The van der Waals surface area contributed by atoms with Crippen molar-refractivity contribution in [2.24, 2.45) is 5.41 Å². The maximum Gasteiger partial charge on any atom is 0.339 e. The Kier molecular flexibility index (Phi) is 6.17. The third kappa shape index (κ3) is 4.78. The van der Waals surface area contributed by atoms with Crippen molar-refractivity contribution < 1.29 is 22.1 Å². The van der Waals surface area contributed by atoms with Gasteiger partial charge in [0, 0.05) is 28.3 Å². The highest BCUT2D eigenvalue weighted by atomic mass is 32.2. The zero-order chi connectivity index (χ0) is 25.5. The van der Waals surface area contributed by atoms with Crippen molar-refractivity contribution in [1.82, 2.24) is 0 Å². The molecule has 186 valence electrons. The molecular formula is C30H30O5S. The van der Waals surface area contributed by atoms with Crippen LogP contribution < -0.4 is 13.7 Å². The van der Waals surface area contributed by atoms with Gasteiger partial charge in [0.25, 0.3) is 0 Å². The van der Waals surface area contributed by atoms with Gasteiger partial charge < -0.3 is 13.7 Å². The zero-order valence-electron chi connectivity index (χ0n) is 21.0. The molecule has 1 aliphatic heterocycles. The van der Waals surface area contributed by atoms with Crippen LogP contribution in [0, 0.1) is 12.3 Å². The average molecular weight is 503 g/mol. The third-order valence-corrected chi connectivity index (χ3v) is 7.73. The number of hydrogen-bond donors (Lipinski definition) is 0. The number of rotatable bonds is 6. The molecule has 0 saturated heterocycles. The molecule has 0 unspecified atom stereocenters. The molecular weight excluding hydrogens is 472 g/mol. The van der Waals surface area contributed by atoms with Crippen molar-refractivity contribution in [3.63, 3.8) is 0 Å². The van der Waals surface area contributed by atoms with E-state index in [9.17, 15) is 8.42 Å². The molecule has 5 rings (SSSR count). The summed E-state index contributed by atoms with van der Waals surface area (Å²) in [5.74, 6) is 1.61. The molecule has 0 N–H and O–H groups in total. The van der Waals surface area contributed by atoms with Crippen molar-refractivity contribution in [3.8, 4) is 17.2 Å². The van der Waals surface area contributed by atoms with E-state index in [1.807, 2.05) is 32.1 Å². The van der Waals surface area contributed by atoms with Gasteiger partial charge in [-0.2, -0.15) is 8.42 Å². The summed E-state index contributed by atoms with van der Waals surface area (Å²) in [6.45, 7) is 8.99. The van der Waals surface area contributed by atoms with E-state index < -0.39 is 10.1 Å². The van der Waals surface area contributed by atoms with Crippen LogP contribution in [0.5, 0.6) is 17.2 Å². The van der Waals surface area contributed by atoms with Crippen LogP contribution in [0.4, 0.5) is 0 Å². The Hall–Kier alpha value is -3.51. The predicted molar refractivity (Wildman–Crippen MR) is 143 cm³/mol. The van der Waals surface area contributed by atoms with E-state index >= 15 is 0 Å². The summed E-state index contributed by atoms with van der Waals surface area (Å²) in [6, 6.07) is 16.1. The lowest BCUT2D eigenvalue weighted by molar-refractivity contribution is 0.338. The Morgan fingerprint density at radius 3 is 2.56 bits per heavy atom. The highest BCUT2D eigenvalue weighted by molar-refractivity contribution is 7.87. The number of aryl methyl sites for hydroxylation is 1. The third-order valence-electron chi connectivity index (χ3n) is 6.49. The quantitative estimate of drug-likeness (QED) is 0.352. The lowest BCUT2D eigenvalue weighted by Crippen LogP contribution is -2.18. The van der Waals surface area contributed by atoms with Gasteiger partial charge in [0.05, 0.1) is 6.61 Å². The van der Waals surface area contributed by atoms with Gasteiger partial charge in [0.2, 0.25) is 0 Å². The highest BCUT2D eigenvalue weighted by Gasteiger charge is 2.27. The van der Waals surface area contributed by atoms with Crippen molar-refractivity contribution in [1.29, 1.82) is 0 Å². The topological polar surface area (TPSA) is 61.8 Å². The molecule has 0 spiro atoms. The normalized spacial score (nSPS) is 15.8. The first kappa shape index (κ1) is 24.2. The molecule has 3 aromatic rings. The molecule has 0 atom stereocenters. The summed E-state index contributed by atoms with van der Waals surface area (Å²) >= 11 is 0. The van der Waals surface area contributed by atoms with E-state index in [0.717, 1.165) is 34.4 Å². The molecule has 2 aliphatic rings. The van der Waals surface area contributed by atoms with Crippen LogP contribution in [-0.4, -0.2) is 21.6 Å². The van der Waals surface area contributed by atoms with Crippen molar-refractivity contribution in [2.75, 3.05) is 13.2 Å². The van der Waals surface area contributed by atoms with Crippen molar-refractivity contribution in [2.45, 2.75) is 39.0 Å². The molecule has 1 aliphatic carbocycles. The van der Waals surface area contributed by atoms with Gasteiger partial charge in [-0.25, -0.2) is 0 Å². The standard InChI is InChI=1S/C30H30O5S/c1-5-33-24-10-13-26(28(17-24)35-36(31,32)25-11-6-20(2)7-12-25)23-16-21-8-9-22-18-30(3,4)15-14-27(22)29(21)34-19-23/h6-17H,5,18-19H2,1-4H3. The van der Waals surface area contributed by atoms with E-state index in [2.05, 4.69) is 38.1 Å². The number of allylic oxidation sites excluding steroid dienone is 1. The smallest absolute Gasteiger partial charge is 0.339 e. The Balaban J connectivity index is 1.54. The van der Waals surface area contributed by atoms with E-state index in [0.29, 0.717) is 24.5 Å². The Labute approximate surface area is 213 Å². The van der Waals surface area contributed by atoms with E-state index in [-0.39, 0.29) is 16.1 Å². The second-order valence-electron chi connectivity index (χ2n) is 9.96. The molecule has 0 bridgehead atoms. The lowest BCUT2D eigenvalue weighted by Gasteiger charge is -2.29. The molecule has 36 heavy (non-hydrogen) atoms. The number of hydrogen-bond acceptors (Lipinski definition) is 5. The minimum atomic E-state index is -4.04. The first-order valence-corrected chi connectivity index (χ1v) is 13.5. The first-order chi connectivity index (χ1) is 17.1. The predicted octanol–water partition coefficient (Wildman–Crippen LogP) is 6.69. The maximum absolute atomic E-state index is 13.1. The first-order valence-electron chi connectivity index (χ1n) is 12.1. The summed E-state index contributed by atoms with van der Waals surface area (Å²) in [4.78, 5) is 0.0985. The Morgan fingerprint density at radius 2 is 1.81 bits per heavy atom. The fraction of sp³-hybridized carbons (Fsp3) is 0.267. The molecule has 0 radical (unpaired) electrons. The molecule has 0 aromatic heterocycles. The average Bonchev–Trinajstić information content (AvgIpc) is 2.83. The minimum absolute atomic E-state index is 0.0985. The second-order valence-corrected chi connectivity index (χ2v) is 11.5. The van der Waals surface area contributed by atoms with E-state index in [1.165, 1.54) is 5.56 Å². The largest absolute Gasteiger partial charge is 0.494 e. The van der Waals surface area contributed by atoms with Gasteiger partial charge >= 0.3 is 10.1 Å². The van der Waals surface area contributed by atoms with Crippen LogP contribution in [0.2, 0.25) is 0 Å². The highest BCUT2D eigenvalue weighted by Crippen LogP contribution is 2.43.